The highest BCUT2D eigenvalue weighted by molar-refractivity contribution is 8.00. The number of H-pyrrole nitrogens is 1. The van der Waals surface area contributed by atoms with E-state index in [1.54, 1.807) is 28.8 Å². The van der Waals surface area contributed by atoms with E-state index in [2.05, 4.69) is 15.5 Å². The van der Waals surface area contributed by atoms with Crippen molar-refractivity contribution in [2.75, 3.05) is 5.32 Å². The lowest BCUT2D eigenvalue weighted by atomic mass is 10.1. The van der Waals surface area contributed by atoms with Gasteiger partial charge >= 0.3 is 5.69 Å². The van der Waals surface area contributed by atoms with Gasteiger partial charge in [0, 0.05) is 17.8 Å². The zero-order valence-corrected chi connectivity index (χ0v) is 17.7. The first-order chi connectivity index (χ1) is 14.5. The molecule has 3 rings (SSSR count). The third kappa shape index (κ3) is 5.27. The lowest BCUT2D eigenvalue weighted by Gasteiger charge is -2.17. The van der Waals surface area contributed by atoms with Crippen molar-refractivity contribution in [1.82, 2.24) is 14.8 Å². The maximum Gasteiger partial charge on any atom is 0.343 e. The van der Waals surface area contributed by atoms with E-state index in [0.717, 1.165) is 18.4 Å². The van der Waals surface area contributed by atoms with Crippen LogP contribution in [0.5, 0.6) is 0 Å². The molecule has 0 spiro atoms. The van der Waals surface area contributed by atoms with Gasteiger partial charge in [0.25, 0.3) is 0 Å². The number of amides is 1. The summed E-state index contributed by atoms with van der Waals surface area (Å²) in [6, 6.07) is 16.2. The van der Waals surface area contributed by atoms with Crippen molar-refractivity contribution in [3.63, 3.8) is 0 Å². The van der Waals surface area contributed by atoms with Crippen LogP contribution in [0.2, 0.25) is 0 Å². The van der Waals surface area contributed by atoms with Crippen molar-refractivity contribution in [2.24, 2.45) is 0 Å². The summed E-state index contributed by atoms with van der Waals surface area (Å²) in [7, 11) is 0. The molecule has 1 unspecified atom stereocenters. The Bertz CT molecular complexity index is 1080. The van der Waals surface area contributed by atoms with Gasteiger partial charge < -0.3 is 5.32 Å². The normalized spacial score (nSPS) is 11.8. The second-order valence-electron chi connectivity index (χ2n) is 6.85. The summed E-state index contributed by atoms with van der Waals surface area (Å²) in [4.78, 5) is 37.0. The minimum atomic E-state index is -0.622. The molecule has 0 aliphatic rings. The summed E-state index contributed by atoms with van der Waals surface area (Å²) >= 11 is 1.22. The number of ketones is 1. The summed E-state index contributed by atoms with van der Waals surface area (Å²) in [5, 5.41) is 9.34. The Labute approximate surface area is 178 Å². The molecule has 8 heteroatoms. The molecule has 156 valence electrons. The van der Waals surface area contributed by atoms with Gasteiger partial charge in [0.1, 0.15) is 5.25 Å². The third-order valence-electron chi connectivity index (χ3n) is 4.56. The Balaban J connectivity index is 1.89. The largest absolute Gasteiger partial charge is 0.343 e. The van der Waals surface area contributed by atoms with Gasteiger partial charge in [-0.3, -0.25) is 14.2 Å². The molecule has 0 radical (unpaired) electrons. The number of aromatic amines is 1. The number of carbonyl (C=O) groups excluding carboxylic acids is 2. The number of hydrogen-bond donors (Lipinski definition) is 2. The molecular weight excluding hydrogens is 400 g/mol. The lowest BCUT2D eigenvalue weighted by molar-refractivity contribution is -0.115. The van der Waals surface area contributed by atoms with Crippen LogP contribution in [-0.2, 0) is 11.3 Å². The second-order valence-corrected chi connectivity index (χ2v) is 7.92. The van der Waals surface area contributed by atoms with Crippen molar-refractivity contribution in [3.8, 4) is 0 Å². The first-order valence-electron chi connectivity index (χ1n) is 9.78. The van der Waals surface area contributed by atoms with E-state index in [0.29, 0.717) is 23.0 Å². The molecule has 0 saturated carbocycles. The maximum atomic E-state index is 13.2. The number of unbranched alkanes of at least 4 members (excludes halogenated alkanes) is 1. The minimum Gasteiger partial charge on any atom is -0.325 e. The Hall–Kier alpha value is -3.13. The number of Topliss-reactive ketones (excluding diaryl/α,β-unsaturated/α-hetero) is 1. The summed E-state index contributed by atoms with van der Waals surface area (Å²) in [5.41, 5.74) is 1.57. The summed E-state index contributed by atoms with van der Waals surface area (Å²) in [6.45, 7) is 4.07. The quantitative estimate of drug-likeness (QED) is 0.399. The van der Waals surface area contributed by atoms with E-state index in [4.69, 9.17) is 0 Å². The molecule has 7 nitrogen and oxygen atoms in total. The molecular formula is C22H24N4O3S. The van der Waals surface area contributed by atoms with Gasteiger partial charge in [-0.1, -0.05) is 67.6 Å². The number of nitrogens with one attached hydrogen (secondary N) is 2. The van der Waals surface area contributed by atoms with Gasteiger partial charge in [-0.25, -0.2) is 9.89 Å². The van der Waals surface area contributed by atoms with Crippen LogP contribution in [-0.4, -0.2) is 26.5 Å². The molecule has 1 aromatic heterocycles. The molecule has 2 N–H and O–H groups in total. The van der Waals surface area contributed by atoms with Gasteiger partial charge in [0.2, 0.25) is 5.91 Å². The highest BCUT2D eigenvalue weighted by atomic mass is 32.2. The summed E-state index contributed by atoms with van der Waals surface area (Å²) < 4.78 is 1.56. The van der Waals surface area contributed by atoms with Gasteiger partial charge in [-0.2, -0.15) is 0 Å². The molecule has 0 aliphatic heterocycles. The number of hydrogen-bond acceptors (Lipinski definition) is 5. The zero-order valence-electron chi connectivity index (χ0n) is 16.9. The van der Waals surface area contributed by atoms with Crippen LogP contribution in [0.1, 0.15) is 47.9 Å². The smallest absolute Gasteiger partial charge is 0.325 e. The first kappa shape index (κ1) is 21.6. The minimum absolute atomic E-state index is 0.0726. The van der Waals surface area contributed by atoms with Crippen LogP contribution in [0.3, 0.4) is 0 Å². The van der Waals surface area contributed by atoms with E-state index in [1.807, 2.05) is 37.3 Å². The lowest BCUT2D eigenvalue weighted by Crippen LogP contribution is -2.21. The Morgan fingerprint density at radius 1 is 1.17 bits per heavy atom. The highest BCUT2D eigenvalue weighted by Crippen LogP contribution is 2.35. The van der Waals surface area contributed by atoms with Gasteiger partial charge in [0.15, 0.2) is 10.9 Å². The van der Waals surface area contributed by atoms with Crippen molar-refractivity contribution >= 4 is 29.1 Å². The number of rotatable bonds is 9. The predicted molar refractivity (Wildman–Crippen MR) is 118 cm³/mol. The SMILES string of the molecule is CCCCn1c(SC(C(=O)Nc2cccc(C(C)=O)c2)c2ccccc2)n[nH]c1=O. The third-order valence-corrected chi connectivity index (χ3v) is 5.80. The van der Waals surface area contributed by atoms with Gasteiger partial charge in [0.05, 0.1) is 0 Å². The standard InChI is InChI=1S/C22H24N4O3S/c1-3-4-13-26-21(29)24-25-22(26)30-19(16-9-6-5-7-10-16)20(28)23-18-12-8-11-17(14-18)15(2)27/h5-12,14,19H,3-4,13H2,1-2H3,(H,23,28)(H,24,29). The van der Waals surface area contributed by atoms with E-state index in [1.165, 1.54) is 18.7 Å². The summed E-state index contributed by atoms with van der Waals surface area (Å²) in [5.74, 6) is -0.332. The van der Waals surface area contributed by atoms with Crippen LogP contribution >= 0.6 is 11.8 Å². The molecule has 3 aromatic rings. The van der Waals surface area contributed by atoms with Crippen LogP contribution in [0, 0.1) is 0 Å². The number of thioether (sulfide) groups is 1. The Morgan fingerprint density at radius 2 is 1.93 bits per heavy atom. The fraction of sp³-hybridized carbons (Fsp3) is 0.273. The summed E-state index contributed by atoms with van der Waals surface area (Å²) in [6.07, 6.45) is 1.78. The second kappa shape index (κ2) is 10.1. The van der Waals surface area contributed by atoms with Crippen molar-refractivity contribution in [1.29, 1.82) is 0 Å². The Morgan fingerprint density at radius 3 is 2.63 bits per heavy atom. The van der Waals surface area contributed by atoms with Crippen LogP contribution in [0.25, 0.3) is 0 Å². The van der Waals surface area contributed by atoms with Crippen LogP contribution < -0.4 is 11.0 Å². The number of anilines is 1. The van der Waals surface area contributed by atoms with Gasteiger partial charge in [-0.15, -0.1) is 5.10 Å². The molecule has 0 saturated heterocycles. The molecule has 1 atom stereocenters. The van der Waals surface area contributed by atoms with Crippen LogP contribution in [0.15, 0.2) is 64.5 Å². The number of aromatic nitrogens is 3. The Kier molecular flexibility index (Phi) is 7.24. The molecule has 1 amide bonds. The average Bonchev–Trinajstić information content (AvgIpc) is 3.10. The van der Waals surface area contributed by atoms with E-state index >= 15 is 0 Å². The van der Waals surface area contributed by atoms with Gasteiger partial charge in [-0.05, 0) is 31.0 Å². The van der Waals surface area contributed by atoms with Crippen molar-refractivity contribution in [3.05, 3.63) is 76.2 Å². The zero-order chi connectivity index (χ0) is 21.5. The average molecular weight is 425 g/mol. The maximum absolute atomic E-state index is 13.2. The fourth-order valence-electron chi connectivity index (χ4n) is 2.94. The monoisotopic (exact) mass is 424 g/mol. The topological polar surface area (TPSA) is 96.8 Å². The van der Waals surface area contributed by atoms with Crippen molar-refractivity contribution in [2.45, 2.75) is 43.6 Å². The highest BCUT2D eigenvalue weighted by Gasteiger charge is 2.25. The molecule has 0 fully saturated rings. The van der Waals surface area contributed by atoms with E-state index < -0.39 is 5.25 Å². The van der Waals surface area contributed by atoms with E-state index in [9.17, 15) is 14.4 Å². The van der Waals surface area contributed by atoms with E-state index in [-0.39, 0.29) is 17.4 Å². The predicted octanol–water partition coefficient (Wildman–Crippen LogP) is 4.05. The molecule has 30 heavy (non-hydrogen) atoms. The van der Waals surface area contributed by atoms with Crippen molar-refractivity contribution < 1.29 is 9.59 Å². The molecule has 1 heterocycles. The molecule has 0 bridgehead atoms. The molecule has 2 aromatic carbocycles. The number of benzene rings is 2. The number of nitrogens with zero attached hydrogens (tertiary/aromatic N) is 2. The fourth-order valence-corrected chi connectivity index (χ4v) is 4.01. The first-order valence-corrected chi connectivity index (χ1v) is 10.7. The number of carbonyl (C=O) groups is 2. The molecule has 0 aliphatic carbocycles. The van der Waals surface area contributed by atoms with Crippen LogP contribution in [0.4, 0.5) is 5.69 Å².